The summed E-state index contributed by atoms with van der Waals surface area (Å²) >= 11 is 0. The van der Waals surface area contributed by atoms with Crippen molar-refractivity contribution in [1.82, 2.24) is 4.90 Å². The minimum atomic E-state index is 0.127. The van der Waals surface area contributed by atoms with E-state index >= 15 is 0 Å². The van der Waals surface area contributed by atoms with Gasteiger partial charge >= 0.3 is 0 Å². The predicted octanol–water partition coefficient (Wildman–Crippen LogP) is 3.29. The molecule has 1 atom stereocenters. The number of Topliss-reactive ketones (excluding diaryl/α,β-unsaturated/α-hetero) is 1. The lowest BCUT2D eigenvalue weighted by Crippen LogP contribution is -2.44. The van der Waals surface area contributed by atoms with Crippen LogP contribution in [0.15, 0.2) is 24.3 Å². The van der Waals surface area contributed by atoms with E-state index < -0.39 is 0 Å². The van der Waals surface area contributed by atoms with Gasteiger partial charge in [-0.05, 0) is 45.1 Å². The number of nitrogens with zero attached hydrogens (tertiary/aromatic N) is 1. The molecular weight excluding hydrogens is 262 g/mol. The number of ketones is 1. The molecule has 114 valence electrons. The second kappa shape index (κ2) is 7.39. The molecule has 1 unspecified atom stereocenters. The first-order valence-corrected chi connectivity index (χ1v) is 7.90. The van der Waals surface area contributed by atoms with Crippen LogP contribution in [0.3, 0.4) is 0 Å². The minimum absolute atomic E-state index is 0.127. The summed E-state index contributed by atoms with van der Waals surface area (Å²) in [5.74, 6) is 0.375. The van der Waals surface area contributed by atoms with Gasteiger partial charge in [0.2, 0.25) is 5.91 Å². The van der Waals surface area contributed by atoms with Gasteiger partial charge in [-0.25, -0.2) is 0 Å². The summed E-state index contributed by atoms with van der Waals surface area (Å²) < 4.78 is 0. The van der Waals surface area contributed by atoms with Crippen molar-refractivity contribution < 1.29 is 9.59 Å². The molecule has 1 heterocycles. The molecule has 0 N–H and O–H groups in total. The van der Waals surface area contributed by atoms with Crippen LogP contribution in [0.2, 0.25) is 0 Å². The third kappa shape index (κ3) is 4.69. The van der Waals surface area contributed by atoms with E-state index in [1.807, 2.05) is 4.90 Å². The summed E-state index contributed by atoms with van der Waals surface area (Å²) in [7, 11) is 0. The van der Waals surface area contributed by atoms with Crippen LogP contribution in [0.4, 0.5) is 0 Å². The van der Waals surface area contributed by atoms with Gasteiger partial charge in [-0.15, -0.1) is 0 Å². The van der Waals surface area contributed by atoms with E-state index in [0.717, 1.165) is 32.2 Å². The van der Waals surface area contributed by atoms with Gasteiger partial charge in [0.15, 0.2) is 0 Å². The molecule has 1 aliphatic rings. The van der Waals surface area contributed by atoms with Gasteiger partial charge < -0.3 is 4.90 Å². The van der Waals surface area contributed by atoms with E-state index in [1.54, 1.807) is 6.92 Å². The van der Waals surface area contributed by atoms with Crippen molar-refractivity contribution in [1.29, 1.82) is 0 Å². The average molecular weight is 287 g/mol. The zero-order valence-corrected chi connectivity index (χ0v) is 13.1. The maximum atomic E-state index is 12.4. The SMILES string of the molecule is CC(=O)CC1CCCCN1C(=O)CCc1ccc(C)cc1. The van der Waals surface area contributed by atoms with Crippen LogP contribution >= 0.6 is 0 Å². The van der Waals surface area contributed by atoms with Gasteiger partial charge in [0.05, 0.1) is 0 Å². The summed E-state index contributed by atoms with van der Waals surface area (Å²) in [5.41, 5.74) is 2.44. The Kier molecular flexibility index (Phi) is 5.54. The van der Waals surface area contributed by atoms with E-state index in [9.17, 15) is 9.59 Å². The fourth-order valence-corrected chi connectivity index (χ4v) is 3.02. The molecule has 1 amide bonds. The molecule has 21 heavy (non-hydrogen) atoms. The van der Waals surface area contributed by atoms with Gasteiger partial charge in [0.1, 0.15) is 5.78 Å². The Morgan fingerprint density at radius 1 is 1.19 bits per heavy atom. The van der Waals surface area contributed by atoms with E-state index in [0.29, 0.717) is 12.8 Å². The highest BCUT2D eigenvalue weighted by Gasteiger charge is 2.27. The van der Waals surface area contributed by atoms with Crippen molar-refractivity contribution in [2.24, 2.45) is 0 Å². The number of likely N-dealkylation sites (tertiary alicyclic amines) is 1. The fourth-order valence-electron chi connectivity index (χ4n) is 3.02. The van der Waals surface area contributed by atoms with Gasteiger partial charge in [-0.1, -0.05) is 29.8 Å². The second-order valence-electron chi connectivity index (χ2n) is 6.13. The van der Waals surface area contributed by atoms with E-state index in [4.69, 9.17) is 0 Å². The molecule has 1 aliphatic heterocycles. The Bertz CT molecular complexity index is 492. The number of rotatable bonds is 5. The Balaban J connectivity index is 1.91. The number of carbonyl (C=O) groups excluding carboxylic acids is 2. The Morgan fingerprint density at radius 3 is 2.57 bits per heavy atom. The smallest absolute Gasteiger partial charge is 0.223 e. The number of piperidine rings is 1. The summed E-state index contributed by atoms with van der Waals surface area (Å²) in [6, 6.07) is 8.47. The van der Waals surface area contributed by atoms with Crippen molar-refractivity contribution >= 4 is 11.7 Å². The van der Waals surface area contributed by atoms with Gasteiger partial charge in [0, 0.05) is 25.4 Å². The fraction of sp³-hybridized carbons (Fsp3) is 0.556. The number of hydrogen-bond acceptors (Lipinski definition) is 2. The van der Waals surface area contributed by atoms with Crippen LogP contribution in [0.25, 0.3) is 0 Å². The largest absolute Gasteiger partial charge is 0.339 e. The van der Waals surface area contributed by atoms with Crippen molar-refractivity contribution in [2.45, 2.75) is 58.4 Å². The monoisotopic (exact) mass is 287 g/mol. The summed E-state index contributed by atoms with van der Waals surface area (Å²) in [4.78, 5) is 25.7. The van der Waals surface area contributed by atoms with Crippen LogP contribution < -0.4 is 0 Å². The number of hydrogen-bond donors (Lipinski definition) is 0. The van der Waals surface area contributed by atoms with E-state index in [1.165, 1.54) is 11.1 Å². The van der Waals surface area contributed by atoms with Crippen molar-refractivity contribution in [3.05, 3.63) is 35.4 Å². The maximum absolute atomic E-state index is 12.4. The molecule has 0 aromatic heterocycles. The van der Waals surface area contributed by atoms with Gasteiger partial charge in [-0.3, -0.25) is 9.59 Å². The molecule has 2 rings (SSSR count). The first-order chi connectivity index (χ1) is 10.1. The third-order valence-corrected chi connectivity index (χ3v) is 4.22. The first-order valence-electron chi connectivity index (χ1n) is 7.90. The molecule has 1 fully saturated rings. The molecule has 1 aromatic carbocycles. The van der Waals surface area contributed by atoms with Crippen LogP contribution in [0.5, 0.6) is 0 Å². The second-order valence-corrected chi connectivity index (χ2v) is 6.13. The van der Waals surface area contributed by atoms with Crippen molar-refractivity contribution in [3.8, 4) is 0 Å². The Hall–Kier alpha value is -1.64. The maximum Gasteiger partial charge on any atom is 0.223 e. The normalized spacial score (nSPS) is 18.6. The zero-order chi connectivity index (χ0) is 15.2. The molecule has 1 saturated heterocycles. The molecule has 0 aliphatic carbocycles. The van der Waals surface area contributed by atoms with E-state index in [2.05, 4.69) is 31.2 Å². The average Bonchev–Trinajstić information content (AvgIpc) is 2.46. The van der Waals surface area contributed by atoms with Gasteiger partial charge in [0.25, 0.3) is 0 Å². The summed E-state index contributed by atoms with van der Waals surface area (Å²) in [6.07, 6.45) is 4.98. The molecule has 0 saturated carbocycles. The topological polar surface area (TPSA) is 37.4 Å². The lowest BCUT2D eigenvalue weighted by atomic mass is 9.97. The van der Waals surface area contributed by atoms with Crippen molar-refractivity contribution in [3.63, 3.8) is 0 Å². The molecule has 0 radical (unpaired) electrons. The molecule has 0 bridgehead atoms. The van der Waals surface area contributed by atoms with Crippen LogP contribution in [0, 0.1) is 6.92 Å². The number of carbonyl (C=O) groups is 2. The third-order valence-electron chi connectivity index (χ3n) is 4.22. The van der Waals surface area contributed by atoms with Crippen LogP contribution in [-0.2, 0) is 16.0 Å². The standard InChI is InChI=1S/C18H25NO2/c1-14-6-8-16(9-7-14)10-11-18(21)19-12-4-3-5-17(19)13-15(2)20/h6-9,17H,3-5,10-13H2,1-2H3. The lowest BCUT2D eigenvalue weighted by molar-refractivity contribution is -0.135. The highest BCUT2D eigenvalue weighted by atomic mass is 16.2. The summed E-state index contributed by atoms with van der Waals surface area (Å²) in [6.45, 7) is 4.49. The quantitative estimate of drug-likeness (QED) is 0.833. The molecule has 3 nitrogen and oxygen atoms in total. The number of aryl methyl sites for hydroxylation is 2. The molecule has 1 aromatic rings. The highest BCUT2D eigenvalue weighted by molar-refractivity contribution is 5.80. The number of benzene rings is 1. The molecular formula is C18H25NO2. The molecule has 3 heteroatoms. The van der Waals surface area contributed by atoms with Crippen LogP contribution in [0.1, 0.15) is 50.2 Å². The highest BCUT2D eigenvalue weighted by Crippen LogP contribution is 2.21. The Labute approximate surface area is 127 Å². The first kappa shape index (κ1) is 15.7. The minimum Gasteiger partial charge on any atom is -0.339 e. The van der Waals surface area contributed by atoms with Crippen LogP contribution in [-0.4, -0.2) is 29.2 Å². The van der Waals surface area contributed by atoms with Gasteiger partial charge in [-0.2, -0.15) is 0 Å². The summed E-state index contributed by atoms with van der Waals surface area (Å²) in [5, 5.41) is 0. The van der Waals surface area contributed by atoms with Crippen molar-refractivity contribution in [2.75, 3.05) is 6.54 Å². The lowest BCUT2D eigenvalue weighted by Gasteiger charge is -2.35. The predicted molar refractivity (Wildman–Crippen MR) is 84.2 cm³/mol. The van der Waals surface area contributed by atoms with E-state index in [-0.39, 0.29) is 17.7 Å². The zero-order valence-electron chi connectivity index (χ0n) is 13.1. The molecule has 0 spiro atoms. The Morgan fingerprint density at radius 2 is 1.90 bits per heavy atom. The number of amides is 1.